The Balaban J connectivity index is 1.85. The third kappa shape index (κ3) is 5.86. The fourth-order valence-electron chi connectivity index (χ4n) is 2.28. The number of benzene rings is 2. The van der Waals surface area contributed by atoms with Gasteiger partial charge in [-0.15, -0.1) is 0 Å². The molecular weight excluding hydrogens is 352 g/mol. The number of amides is 1. The number of aryl methyl sites for hydroxylation is 1. The molecule has 0 saturated carbocycles. The molecule has 0 radical (unpaired) electrons. The summed E-state index contributed by atoms with van der Waals surface area (Å²) in [6.07, 6.45) is 0.968. The van der Waals surface area contributed by atoms with Gasteiger partial charge < -0.3 is 10.1 Å². The number of hydrogen-bond donors (Lipinski definition) is 2. The number of sulfonamides is 1. The average molecular weight is 376 g/mol. The Hall–Kier alpha value is -2.38. The maximum absolute atomic E-state index is 12.1. The van der Waals surface area contributed by atoms with Gasteiger partial charge in [0.2, 0.25) is 15.9 Å². The van der Waals surface area contributed by atoms with Crippen molar-refractivity contribution >= 4 is 21.6 Å². The number of carbonyl (C=O) groups is 1. The Morgan fingerprint density at radius 2 is 1.85 bits per heavy atom. The molecule has 6 nitrogen and oxygen atoms in total. The molecule has 0 aromatic heterocycles. The molecule has 2 rings (SSSR count). The van der Waals surface area contributed by atoms with Crippen LogP contribution in [0.3, 0.4) is 0 Å². The van der Waals surface area contributed by atoms with Crippen molar-refractivity contribution in [3.63, 3.8) is 0 Å². The number of anilines is 1. The minimum Gasteiger partial charge on any atom is -0.494 e. The van der Waals surface area contributed by atoms with Crippen LogP contribution in [0.25, 0.3) is 0 Å². The van der Waals surface area contributed by atoms with Crippen molar-refractivity contribution < 1.29 is 17.9 Å². The molecule has 0 fully saturated rings. The quantitative estimate of drug-likeness (QED) is 0.704. The summed E-state index contributed by atoms with van der Waals surface area (Å²) in [5.41, 5.74) is 1.57. The van der Waals surface area contributed by atoms with E-state index in [1.54, 1.807) is 30.3 Å². The molecule has 0 aliphatic carbocycles. The third-order valence-electron chi connectivity index (χ3n) is 3.64. The van der Waals surface area contributed by atoms with E-state index in [0.29, 0.717) is 12.3 Å². The molecule has 0 bridgehead atoms. The Labute approximate surface area is 154 Å². The van der Waals surface area contributed by atoms with Crippen molar-refractivity contribution in [3.05, 3.63) is 54.1 Å². The molecular formula is C19H24N2O4S. The summed E-state index contributed by atoms with van der Waals surface area (Å²) in [5, 5.41) is 2.79. The van der Waals surface area contributed by atoms with Gasteiger partial charge in [0.25, 0.3) is 0 Å². The van der Waals surface area contributed by atoms with Gasteiger partial charge in [-0.05, 0) is 49.2 Å². The van der Waals surface area contributed by atoms with Crippen molar-refractivity contribution in [1.82, 2.24) is 4.72 Å². The zero-order chi connectivity index (χ0) is 19.0. The maximum atomic E-state index is 12.1. The van der Waals surface area contributed by atoms with Crippen LogP contribution in [0.15, 0.2) is 53.4 Å². The summed E-state index contributed by atoms with van der Waals surface area (Å²) in [7, 11) is -3.60. The molecule has 0 aliphatic heterocycles. The zero-order valence-electron chi connectivity index (χ0n) is 15.0. The second kappa shape index (κ2) is 9.35. The lowest BCUT2D eigenvalue weighted by Gasteiger charge is -2.11. The van der Waals surface area contributed by atoms with Crippen LogP contribution >= 0.6 is 0 Å². The number of carbonyl (C=O) groups excluding carboxylic acids is 1. The van der Waals surface area contributed by atoms with E-state index in [1.807, 2.05) is 19.9 Å². The number of nitrogens with one attached hydrogen (secondary N) is 2. The highest BCUT2D eigenvalue weighted by atomic mass is 32.2. The molecule has 0 atom stereocenters. The Bertz CT molecular complexity index is 836. The van der Waals surface area contributed by atoms with E-state index in [-0.39, 0.29) is 23.8 Å². The molecule has 0 saturated heterocycles. The van der Waals surface area contributed by atoms with Crippen LogP contribution < -0.4 is 14.8 Å². The number of ether oxygens (including phenoxy) is 1. The molecule has 0 spiro atoms. The van der Waals surface area contributed by atoms with Gasteiger partial charge in [0.1, 0.15) is 5.75 Å². The van der Waals surface area contributed by atoms with E-state index >= 15 is 0 Å². The monoisotopic (exact) mass is 376 g/mol. The maximum Gasteiger partial charge on any atom is 0.240 e. The minimum atomic E-state index is -3.60. The van der Waals surface area contributed by atoms with Crippen LogP contribution in [0.5, 0.6) is 5.75 Å². The largest absolute Gasteiger partial charge is 0.494 e. The fraction of sp³-hybridized carbons (Fsp3) is 0.316. The molecule has 0 unspecified atom stereocenters. The van der Waals surface area contributed by atoms with E-state index < -0.39 is 10.0 Å². The van der Waals surface area contributed by atoms with E-state index in [0.717, 1.165) is 17.7 Å². The summed E-state index contributed by atoms with van der Waals surface area (Å²) in [6.45, 7) is 4.59. The van der Waals surface area contributed by atoms with Crippen molar-refractivity contribution in [2.45, 2.75) is 31.6 Å². The molecule has 26 heavy (non-hydrogen) atoms. The van der Waals surface area contributed by atoms with Crippen molar-refractivity contribution in [1.29, 1.82) is 0 Å². The molecule has 0 aliphatic rings. The lowest BCUT2D eigenvalue weighted by molar-refractivity contribution is -0.116. The predicted octanol–water partition coefficient (Wildman–Crippen LogP) is 3.09. The first-order valence-corrected chi connectivity index (χ1v) is 9.98. The summed E-state index contributed by atoms with van der Waals surface area (Å²) in [6, 6.07) is 13.5. The fourth-order valence-corrected chi connectivity index (χ4v) is 3.33. The number of hydrogen-bond acceptors (Lipinski definition) is 4. The van der Waals surface area contributed by atoms with Crippen molar-refractivity contribution in [2.75, 3.05) is 18.5 Å². The third-order valence-corrected chi connectivity index (χ3v) is 5.12. The standard InChI is InChI=1S/C19H24N2O4S/c1-3-13-25-16-9-10-18(15(2)14-16)21-19(22)11-12-20-26(23,24)17-7-5-4-6-8-17/h4-10,14,20H,3,11-13H2,1-2H3,(H,21,22). The molecule has 2 aromatic carbocycles. The SMILES string of the molecule is CCCOc1ccc(NC(=O)CCNS(=O)(=O)c2ccccc2)c(C)c1. The first-order chi connectivity index (χ1) is 12.4. The van der Waals surface area contributed by atoms with Crippen LogP contribution in [-0.4, -0.2) is 27.5 Å². The van der Waals surface area contributed by atoms with Gasteiger partial charge in [0, 0.05) is 18.7 Å². The lowest BCUT2D eigenvalue weighted by Crippen LogP contribution is -2.27. The van der Waals surface area contributed by atoms with E-state index in [9.17, 15) is 13.2 Å². The van der Waals surface area contributed by atoms with Crippen LogP contribution in [0.2, 0.25) is 0 Å². The molecule has 2 N–H and O–H groups in total. The molecule has 7 heteroatoms. The summed E-state index contributed by atoms with van der Waals surface area (Å²) in [5.74, 6) is 0.504. The van der Waals surface area contributed by atoms with Gasteiger partial charge in [-0.25, -0.2) is 13.1 Å². The lowest BCUT2D eigenvalue weighted by atomic mass is 10.2. The first kappa shape index (κ1) is 19.9. The Morgan fingerprint density at radius 1 is 1.12 bits per heavy atom. The summed E-state index contributed by atoms with van der Waals surface area (Å²) < 4.78 is 32.2. The van der Waals surface area contributed by atoms with Crippen LogP contribution in [-0.2, 0) is 14.8 Å². The zero-order valence-corrected chi connectivity index (χ0v) is 15.8. The second-order valence-electron chi connectivity index (χ2n) is 5.83. The van der Waals surface area contributed by atoms with Gasteiger partial charge in [-0.1, -0.05) is 25.1 Å². The Kier molecular flexibility index (Phi) is 7.17. The van der Waals surface area contributed by atoms with Gasteiger partial charge in [0.15, 0.2) is 0 Å². The number of rotatable bonds is 9. The summed E-state index contributed by atoms with van der Waals surface area (Å²) in [4.78, 5) is 12.2. The van der Waals surface area contributed by atoms with E-state index in [1.165, 1.54) is 12.1 Å². The minimum absolute atomic E-state index is 0.0276. The second-order valence-corrected chi connectivity index (χ2v) is 7.60. The van der Waals surface area contributed by atoms with Crippen LogP contribution in [0.4, 0.5) is 5.69 Å². The van der Waals surface area contributed by atoms with Crippen LogP contribution in [0.1, 0.15) is 25.3 Å². The normalized spacial score (nSPS) is 11.2. The predicted molar refractivity (Wildman–Crippen MR) is 102 cm³/mol. The Morgan fingerprint density at radius 3 is 2.50 bits per heavy atom. The van der Waals surface area contributed by atoms with Gasteiger partial charge in [-0.2, -0.15) is 0 Å². The van der Waals surface area contributed by atoms with Crippen molar-refractivity contribution in [3.8, 4) is 5.75 Å². The van der Waals surface area contributed by atoms with Gasteiger partial charge in [0.05, 0.1) is 11.5 Å². The van der Waals surface area contributed by atoms with Crippen LogP contribution in [0, 0.1) is 6.92 Å². The summed E-state index contributed by atoms with van der Waals surface area (Å²) >= 11 is 0. The van der Waals surface area contributed by atoms with E-state index in [4.69, 9.17) is 4.74 Å². The smallest absolute Gasteiger partial charge is 0.240 e. The first-order valence-electron chi connectivity index (χ1n) is 8.50. The topological polar surface area (TPSA) is 84.5 Å². The molecule has 0 heterocycles. The van der Waals surface area contributed by atoms with E-state index in [2.05, 4.69) is 10.0 Å². The highest BCUT2D eigenvalue weighted by Crippen LogP contribution is 2.21. The molecule has 2 aromatic rings. The molecule has 1 amide bonds. The molecule has 140 valence electrons. The highest BCUT2D eigenvalue weighted by Gasteiger charge is 2.13. The highest BCUT2D eigenvalue weighted by molar-refractivity contribution is 7.89. The van der Waals surface area contributed by atoms with Crippen molar-refractivity contribution in [2.24, 2.45) is 0 Å². The van der Waals surface area contributed by atoms with Gasteiger partial charge in [-0.3, -0.25) is 4.79 Å². The average Bonchev–Trinajstić information content (AvgIpc) is 2.62. The van der Waals surface area contributed by atoms with Gasteiger partial charge >= 0.3 is 0 Å².